The number of nitrogens with zero attached hydrogens (tertiary/aromatic N) is 4. The Morgan fingerprint density at radius 3 is 2.84 bits per heavy atom. The van der Waals surface area contributed by atoms with Crippen molar-refractivity contribution in [2.24, 2.45) is 0 Å². The lowest BCUT2D eigenvalue weighted by Crippen LogP contribution is -2.42. The first-order chi connectivity index (χ1) is 15.1. The zero-order valence-electron chi connectivity index (χ0n) is 19.0. The number of rotatable bonds is 5. The van der Waals surface area contributed by atoms with Gasteiger partial charge in [0.2, 0.25) is 0 Å². The van der Waals surface area contributed by atoms with Gasteiger partial charge in [0.15, 0.2) is 0 Å². The van der Waals surface area contributed by atoms with Crippen LogP contribution in [0.5, 0.6) is 5.88 Å². The number of pyridine rings is 1. The first-order valence-corrected chi connectivity index (χ1v) is 10.5. The molecule has 1 fully saturated rings. The van der Waals surface area contributed by atoms with Gasteiger partial charge in [0.25, 0.3) is 5.88 Å². The van der Waals surface area contributed by atoms with Crippen molar-refractivity contribution in [3.05, 3.63) is 30.2 Å². The minimum atomic E-state index is -0.584. The minimum absolute atomic E-state index is 0.151. The Labute approximate surface area is 186 Å². The maximum atomic E-state index is 12.7. The average Bonchev–Trinajstić information content (AvgIpc) is 3.37. The topological polar surface area (TPSA) is 117 Å². The van der Waals surface area contributed by atoms with Gasteiger partial charge in [0.05, 0.1) is 30.3 Å². The number of nitrogen functional groups attached to an aromatic ring is 1. The monoisotopic (exact) mass is 443 g/mol. The maximum absolute atomic E-state index is 12.7. The Hall–Kier alpha value is -3.27. The third kappa shape index (κ3) is 4.50. The van der Waals surface area contributed by atoms with E-state index in [0.717, 1.165) is 16.6 Å². The van der Waals surface area contributed by atoms with Gasteiger partial charge >= 0.3 is 6.09 Å². The van der Waals surface area contributed by atoms with Gasteiger partial charge < -0.3 is 24.5 Å². The van der Waals surface area contributed by atoms with Crippen molar-refractivity contribution in [2.45, 2.75) is 51.9 Å². The molecule has 0 saturated carbocycles. The number of amides is 1. The fraction of sp³-hybridized carbons (Fsp3) is 0.500. The second-order valence-electron chi connectivity index (χ2n) is 8.99. The molecule has 0 spiro atoms. The van der Waals surface area contributed by atoms with E-state index >= 15 is 0 Å². The third-order valence-electron chi connectivity index (χ3n) is 5.24. The van der Waals surface area contributed by atoms with Gasteiger partial charge in [-0.25, -0.2) is 9.31 Å². The fourth-order valence-corrected chi connectivity index (χ4v) is 3.94. The van der Waals surface area contributed by atoms with E-state index in [1.807, 2.05) is 46.0 Å². The highest BCUT2D eigenvalue weighted by molar-refractivity contribution is 5.74. The Morgan fingerprint density at radius 1 is 1.34 bits per heavy atom. The van der Waals surface area contributed by atoms with Crippen LogP contribution in [0.2, 0.25) is 0 Å². The molecule has 0 aliphatic carbocycles. The van der Waals surface area contributed by atoms with Crippen LogP contribution in [-0.2, 0) is 9.47 Å². The number of methoxy groups -OCH3 is 1. The number of ether oxygens (including phenoxy) is 3. The number of fused-ring (bicyclic) bond motifs is 1. The van der Waals surface area contributed by atoms with Crippen LogP contribution in [0.1, 0.15) is 33.0 Å². The second kappa shape index (κ2) is 8.34. The number of carbonyl (C=O) groups is 1. The Morgan fingerprint density at radius 2 is 2.12 bits per heavy atom. The lowest BCUT2D eigenvalue weighted by molar-refractivity contribution is 0.0139. The summed E-state index contributed by atoms with van der Waals surface area (Å²) in [5.74, 6) is 1.46. The predicted octanol–water partition coefficient (Wildman–Crippen LogP) is 3.28. The highest BCUT2D eigenvalue weighted by Gasteiger charge is 2.39. The van der Waals surface area contributed by atoms with E-state index in [4.69, 9.17) is 24.5 Å². The van der Waals surface area contributed by atoms with Gasteiger partial charge in [-0.2, -0.15) is 5.10 Å². The summed E-state index contributed by atoms with van der Waals surface area (Å²) in [5.41, 5.74) is 7.70. The number of hydrogen-bond acceptors (Lipinski definition) is 8. The number of hydrogen-bond donors (Lipinski definition) is 1. The zero-order valence-corrected chi connectivity index (χ0v) is 19.0. The Bertz CT molecular complexity index is 1120. The van der Waals surface area contributed by atoms with Crippen molar-refractivity contribution < 1.29 is 23.5 Å². The highest BCUT2D eigenvalue weighted by Crippen LogP contribution is 2.35. The molecule has 1 aliphatic heterocycles. The van der Waals surface area contributed by atoms with Crippen molar-refractivity contribution in [1.29, 1.82) is 0 Å². The Balaban J connectivity index is 1.56. The molecule has 4 rings (SSSR count). The molecule has 10 heteroatoms. The molecule has 172 valence electrons. The van der Waals surface area contributed by atoms with E-state index in [9.17, 15) is 4.79 Å². The van der Waals surface area contributed by atoms with Crippen LogP contribution in [0.4, 0.5) is 10.6 Å². The van der Waals surface area contributed by atoms with E-state index < -0.39 is 5.60 Å². The van der Waals surface area contributed by atoms with Crippen LogP contribution in [0, 0.1) is 6.92 Å². The molecule has 2 N–H and O–H groups in total. The van der Waals surface area contributed by atoms with Gasteiger partial charge in [-0.3, -0.25) is 4.90 Å². The van der Waals surface area contributed by atoms with Gasteiger partial charge in [-0.15, -0.1) is 0 Å². The molecule has 0 aromatic carbocycles. The summed E-state index contributed by atoms with van der Waals surface area (Å²) in [6.45, 7) is 8.12. The average molecular weight is 444 g/mol. The van der Waals surface area contributed by atoms with Crippen LogP contribution in [0.3, 0.4) is 0 Å². The van der Waals surface area contributed by atoms with E-state index in [2.05, 4.69) is 10.3 Å². The van der Waals surface area contributed by atoms with Crippen LogP contribution in [0.15, 0.2) is 28.9 Å². The molecule has 1 aliphatic rings. The van der Waals surface area contributed by atoms with E-state index in [1.165, 1.54) is 0 Å². The standard InChI is InChI=1S/C22H29N5O5/c1-13-19(14-6-7-27-15(8-14)10-18(23)24-27)20(25-32-13)30-17-9-16(12-29-5)26(11-17)21(28)31-22(2,3)4/h6-8,10,16-17H,9,11-12H2,1-5H3,(H2,23,24)/t16-,17-/m0/s1. The molecule has 3 aromatic heterocycles. The third-order valence-corrected chi connectivity index (χ3v) is 5.24. The molecule has 1 amide bonds. The van der Waals surface area contributed by atoms with Crippen LogP contribution in [0.25, 0.3) is 16.6 Å². The summed E-state index contributed by atoms with van der Waals surface area (Å²) in [6, 6.07) is 5.49. The first kappa shape index (κ1) is 21.9. The minimum Gasteiger partial charge on any atom is -0.470 e. The SMILES string of the molecule is COC[C@@H]1C[C@H](Oc2noc(C)c2-c2ccn3nc(N)cc3c2)CN1C(=O)OC(C)(C)C. The molecule has 1 saturated heterocycles. The number of nitrogens with two attached hydrogens (primary N) is 1. The smallest absolute Gasteiger partial charge is 0.410 e. The number of aryl methyl sites for hydroxylation is 1. The summed E-state index contributed by atoms with van der Waals surface area (Å²) in [5, 5.41) is 8.33. The summed E-state index contributed by atoms with van der Waals surface area (Å²) < 4.78 is 24.2. The molecule has 0 unspecified atom stereocenters. The molecule has 4 heterocycles. The van der Waals surface area contributed by atoms with E-state index in [-0.39, 0.29) is 18.2 Å². The van der Waals surface area contributed by atoms with Crippen molar-refractivity contribution in [1.82, 2.24) is 19.7 Å². The quantitative estimate of drug-likeness (QED) is 0.638. The molecule has 3 aromatic rings. The van der Waals surface area contributed by atoms with Crippen molar-refractivity contribution in [3.63, 3.8) is 0 Å². The zero-order chi connectivity index (χ0) is 23.0. The van der Waals surface area contributed by atoms with Crippen LogP contribution in [-0.4, -0.2) is 63.8 Å². The Kier molecular flexibility index (Phi) is 5.72. The van der Waals surface area contributed by atoms with Crippen molar-refractivity contribution in [2.75, 3.05) is 26.0 Å². The van der Waals surface area contributed by atoms with Crippen molar-refractivity contribution in [3.8, 4) is 17.0 Å². The lowest BCUT2D eigenvalue weighted by Gasteiger charge is -2.28. The normalized spacial score (nSPS) is 19.0. The largest absolute Gasteiger partial charge is 0.470 e. The van der Waals surface area contributed by atoms with Crippen LogP contribution >= 0.6 is 0 Å². The first-order valence-electron chi connectivity index (χ1n) is 10.5. The second-order valence-corrected chi connectivity index (χ2v) is 8.99. The molecular weight excluding hydrogens is 414 g/mol. The molecule has 0 radical (unpaired) electrons. The number of likely N-dealkylation sites (tertiary alicyclic amines) is 1. The summed E-state index contributed by atoms with van der Waals surface area (Å²) >= 11 is 0. The lowest BCUT2D eigenvalue weighted by atomic mass is 10.1. The predicted molar refractivity (Wildman–Crippen MR) is 117 cm³/mol. The molecule has 10 nitrogen and oxygen atoms in total. The summed E-state index contributed by atoms with van der Waals surface area (Å²) in [4.78, 5) is 14.4. The van der Waals surface area contributed by atoms with Crippen molar-refractivity contribution >= 4 is 17.4 Å². The highest BCUT2D eigenvalue weighted by atomic mass is 16.6. The van der Waals surface area contributed by atoms with Gasteiger partial charge in [0, 0.05) is 25.8 Å². The molecule has 0 bridgehead atoms. The summed E-state index contributed by atoms with van der Waals surface area (Å²) in [7, 11) is 1.61. The number of anilines is 1. The van der Waals surface area contributed by atoms with E-state index in [1.54, 1.807) is 22.6 Å². The van der Waals surface area contributed by atoms with Gasteiger partial charge in [-0.1, -0.05) is 0 Å². The molecule has 32 heavy (non-hydrogen) atoms. The number of aromatic nitrogens is 3. The molecule has 2 atom stereocenters. The van der Waals surface area contributed by atoms with E-state index in [0.29, 0.717) is 37.0 Å². The van der Waals surface area contributed by atoms with Crippen LogP contribution < -0.4 is 10.5 Å². The van der Waals surface area contributed by atoms with Gasteiger partial charge in [-0.05, 0) is 50.5 Å². The molecular formula is C22H29N5O5. The fourth-order valence-electron chi connectivity index (χ4n) is 3.94. The summed E-state index contributed by atoms with van der Waals surface area (Å²) in [6.07, 6.45) is 1.76. The van der Waals surface area contributed by atoms with Gasteiger partial charge in [0.1, 0.15) is 23.3 Å². The maximum Gasteiger partial charge on any atom is 0.410 e. The number of carbonyl (C=O) groups excluding carboxylic acids is 1.